The van der Waals surface area contributed by atoms with Crippen molar-refractivity contribution in [1.29, 1.82) is 0 Å². The maximum Gasteiger partial charge on any atom is 0.422 e. The van der Waals surface area contributed by atoms with Crippen LogP contribution in [-0.4, -0.2) is 69.8 Å². The van der Waals surface area contributed by atoms with Gasteiger partial charge < -0.3 is 14.2 Å². The van der Waals surface area contributed by atoms with Gasteiger partial charge in [0.15, 0.2) is 6.61 Å². The highest BCUT2D eigenvalue weighted by Gasteiger charge is 2.29. The minimum absolute atomic E-state index is 0.180. The van der Waals surface area contributed by atoms with Crippen molar-refractivity contribution in [1.82, 2.24) is 24.9 Å². The number of hydrogen-bond donors (Lipinski definition) is 0. The summed E-state index contributed by atoms with van der Waals surface area (Å²) in [5, 5.41) is 5.94. The van der Waals surface area contributed by atoms with Crippen molar-refractivity contribution < 1.29 is 27.2 Å². The second-order valence-corrected chi connectivity index (χ2v) is 7.79. The van der Waals surface area contributed by atoms with Crippen LogP contribution in [0.15, 0.2) is 40.4 Å². The number of carbonyl (C=O) groups is 1. The molecular weight excluding hydrogens is 435 g/mol. The molecular formula is C19H18F3N5O3S. The molecule has 31 heavy (non-hydrogen) atoms. The van der Waals surface area contributed by atoms with Crippen LogP contribution in [0.4, 0.5) is 13.2 Å². The Bertz CT molecular complexity index is 1000. The quantitative estimate of drug-likeness (QED) is 0.567. The number of piperazine rings is 1. The van der Waals surface area contributed by atoms with E-state index in [2.05, 4.69) is 24.8 Å². The Morgan fingerprint density at radius 3 is 2.65 bits per heavy atom. The van der Waals surface area contributed by atoms with Gasteiger partial charge in [-0.3, -0.25) is 9.69 Å². The van der Waals surface area contributed by atoms with Crippen LogP contribution in [0.2, 0.25) is 0 Å². The number of halogens is 3. The van der Waals surface area contributed by atoms with Crippen molar-refractivity contribution in [3.63, 3.8) is 0 Å². The summed E-state index contributed by atoms with van der Waals surface area (Å²) in [6, 6.07) is 6.52. The lowest BCUT2D eigenvalue weighted by Crippen LogP contribution is -2.48. The lowest BCUT2D eigenvalue weighted by molar-refractivity contribution is -0.154. The van der Waals surface area contributed by atoms with Crippen molar-refractivity contribution in [2.24, 2.45) is 0 Å². The molecule has 4 heterocycles. The van der Waals surface area contributed by atoms with Gasteiger partial charge in [-0.1, -0.05) is 11.2 Å². The lowest BCUT2D eigenvalue weighted by atomic mass is 10.2. The third-order valence-corrected chi connectivity index (χ3v) is 5.46. The maximum absolute atomic E-state index is 12.6. The van der Waals surface area contributed by atoms with E-state index in [0.29, 0.717) is 50.0 Å². The number of rotatable bonds is 6. The van der Waals surface area contributed by atoms with Crippen LogP contribution in [0.3, 0.4) is 0 Å². The topological polar surface area (TPSA) is 84.6 Å². The number of pyridine rings is 1. The standard InChI is InChI=1S/C19H18F3N5O3S/c20-19(21,22)12-29-15-4-3-13(10-23-15)18(28)27-7-5-26(6-8-27)11-16-24-17(25-30-16)14-2-1-9-31-14/h1-4,9-10H,5-8,11-12H2. The summed E-state index contributed by atoms with van der Waals surface area (Å²) >= 11 is 1.54. The zero-order valence-electron chi connectivity index (χ0n) is 16.2. The Hall–Kier alpha value is -2.99. The lowest BCUT2D eigenvalue weighted by Gasteiger charge is -2.33. The van der Waals surface area contributed by atoms with Crippen molar-refractivity contribution in [2.45, 2.75) is 12.7 Å². The summed E-state index contributed by atoms with van der Waals surface area (Å²) < 4.78 is 46.5. The third kappa shape index (κ3) is 5.58. The van der Waals surface area contributed by atoms with Gasteiger partial charge in [0, 0.05) is 38.4 Å². The Morgan fingerprint density at radius 1 is 1.19 bits per heavy atom. The zero-order valence-corrected chi connectivity index (χ0v) is 17.0. The highest BCUT2D eigenvalue weighted by molar-refractivity contribution is 7.13. The van der Waals surface area contributed by atoms with Gasteiger partial charge in [-0.25, -0.2) is 4.98 Å². The van der Waals surface area contributed by atoms with E-state index in [1.54, 1.807) is 4.90 Å². The summed E-state index contributed by atoms with van der Waals surface area (Å²) in [7, 11) is 0. The van der Waals surface area contributed by atoms with Gasteiger partial charge in [-0.05, 0) is 17.5 Å². The van der Waals surface area contributed by atoms with E-state index in [1.807, 2.05) is 17.5 Å². The smallest absolute Gasteiger partial charge is 0.422 e. The number of carbonyl (C=O) groups excluding carboxylic acids is 1. The molecule has 0 saturated carbocycles. The Labute approximate surface area is 179 Å². The van der Waals surface area contributed by atoms with Gasteiger partial charge in [0.2, 0.25) is 17.6 Å². The van der Waals surface area contributed by atoms with E-state index in [9.17, 15) is 18.0 Å². The Kier molecular flexibility index (Phi) is 6.18. The molecule has 0 aliphatic carbocycles. The molecule has 1 fully saturated rings. The first-order valence-corrected chi connectivity index (χ1v) is 10.3. The predicted molar refractivity (Wildman–Crippen MR) is 105 cm³/mol. The summed E-state index contributed by atoms with van der Waals surface area (Å²) in [6.45, 7) is 1.32. The molecule has 0 unspecified atom stereocenters. The van der Waals surface area contributed by atoms with Gasteiger partial charge in [0.05, 0.1) is 17.0 Å². The van der Waals surface area contributed by atoms with Crippen LogP contribution < -0.4 is 4.74 Å². The SMILES string of the molecule is O=C(c1ccc(OCC(F)(F)F)nc1)N1CCN(Cc2nc(-c3cccs3)no2)CC1. The van der Waals surface area contributed by atoms with E-state index in [0.717, 1.165) is 4.88 Å². The van der Waals surface area contributed by atoms with E-state index >= 15 is 0 Å². The summed E-state index contributed by atoms with van der Waals surface area (Å²) in [6.07, 6.45) is -3.21. The average molecular weight is 453 g/mol. The van der Waals surface area contributed by atoms with Gasteiger partial charge in [-0.2, -0.15) is 18.2 Å². The molecule has 4 rings (SSSR count). The Morgan fingerprint density at radius 2 is 2.00 bits per heavy atom. The number of amides is 1. The second-order valence-electron chi connectivity index (χ2n) is 6.85. The molecule has 12 heteroatoms. The monoisotopic (exact) mass is 453 g/mol. The fraction of sp³-hybridized carbons (Fsp3) is 0.368. The largest absolute Gasteiger partial charge is 0.468 e. The second kappa shape index (κ2) is 9.02. The average Bonchev–Trinajstić information content (AvgIpc) is 3.44. The number of nitrogens with zero attached hydrogens (tertiary/aromatic N) is 5. The molecule has 164 valence electrons. The minimum atomic E-state index is -4.44. The maximum atomic E-state index is 12.6. The van der Waals surface area contributed by atoms with E-state index in [1.165, 1.54) is 29.7 Å². The van der Waals surface area contributed by atoms with Gasteiger partial charge in [-0.15, -0.1) is 11.3 Å². The van der Waals surface area contributed by atoms with Crippen LogP contribution in [0.25, 0.3) is 10.7 Å². The van der Waals surface area contributed by atoms with E-state index < -0.39 is 12.8 Å². The van der Waals surface area contributed by atoms with Crippen LogP contribution >= 0.6 is 11.3 Å². The number of alkyl halides is 3. The molecule has 1 amide bonds. The number of aromatic nitrogens is 3. The highest BCUT2D eigenvalue weighted by atomic mass is 32.1. The summed E-state index contributed by atoms with van der Waals surface area (Å²) in [5.74, 6) is 0.670. The van der Waals surface area contributed by atoms with Gasteiger partial charge >= 0.3 is 6.18 Å². The fourth-order valence-electron chi connectivity index (χ4n) is 3.06. The first-order valence-electron chi connectivity index (χ1n) is 9.41. The number of hydrogen-bond acceptors (Lipinski definition) is 8. The first-order chi connectivity index (χ1) is 14.9. The highest BCUT2D eigenvalue weighted by Crippen LogP contribution is 2.22. The van der Waals surface area contributed by atoms with Crippen molar-refractivity contribution in [3.05, 3.63) is 47.3 Å². The van der Waals surface area contributed by atoms with Gasteiger partial charge in [0.25, 0.3) is 5.91 Å². The molecule has 3 aromatic rings. The first kappa shape index (κ1) is 21.2. The van der Waals surface area contributed by atoms with Crippen LogP contribution in [0.1, 0.15) is 16.2 Å². The molecule has 1 aliphatic heterocycles. The third-order valence-electron chi connectivity index (χ3n) is 4.60. The molecule has 0 atom stereocenters. The fourth-order valence-corrected chi connectivity index (χ4v) is 3.71. The zero-order chi connectivity index (χ0) is 21.8. The molecule has 0 N–H and O–H groups in total. The molecule has 0 aromatic carbocycles. The van der Waals surface area contributed by atoms with E-state index in [-0.39, 0.29) is 11.8 Å². The molecule has 0 spiro atoms. The van der Waals surface area contributed by atoms with Crippen LogP contribution in [0, 0.1) is 0 Å². The van der Waals surface area contributed by atoms with Gasteiger partial charge in [0.1, 0.15) is 0 Å². The van der Waals surface area contributed by atoms with Crippen molar-refractivity contribution >= 4 is 17.2 Å². The molecule has 3 aromatic heterocycles. The molecule has 1 saturated heterocycles. The summed E-state index contributed by atoms with van der Waals surface area (Å²) in [5.41, 5.74) is 0.297. The normalized spacial score (nSPS) is 15.3. The molecule has 8 nitrogen and oxygen atoms in total. The molecule has 1 aliphatic rings. The van der Waals surface area contributed by atoms with Crippen LogP contribution in [-0.2, 0) is 6.54 Å². The van der Waals surface area contributed by atoms with Crippen molar-refractivity contribution in [2.75, 3.05) is 32.8 Å². The van der Waals surface area contributed by atoms with Crippen molar-refractivity contribution in [3.8, 4) is 16.6 Å². The summed E-state index contributed by atoms with van der Waals surface area (Å²) in [4.78, 5) is 25.6. The number of thiophene rings is 1. The molecule has 0 bridgehead atoms. The minimum Gasteiger partial charge on any atom is -0.468 e. The predicted octanol–water partition coefficient (Wildman–Crippen LogP) is 3.09. The number of ether oxygens (including phenoxy) is 1. The van der Waals surface area contributed by atoms with E-state index in [4.69, 9.17) is 4.52 Å². The van der Waals surface area contributed by atoms with Crippen LogP contribution in [0.5, 0.6) is 5.88 Å². The Balaban J connectivity index is 1.27. The molecule has 0 radical (unpaired) electrons.